The Morgan fingerprint density at radius 1 is 1.19 bits per heavy atom. The average Bonchev–Trinajstić information content (AvgIpc) is 2.68. The Bertz CT molecular complexity index is 799. The summed E-state index contributed by atoms with van der Waals surface area (Å²) in [7, 11) is 0. The molecule has 0 radical (unpaired) electrons. The van der Waals surface area contributed by atoms with Crippen molar-refractivity contribution in [3.8, 4) is 0 Å². The lowest BCUT2D eigenvalue weighted by atomic mass is 10.1. The van der Waals surface area contributed by atoms with Crippen LogP contribution in [0.5, 0.6) is 0 Å². The summed E-state index contributed by atoms with van der Waals surface area (Å²) in [6.45, 7) is 3.24. The Morgan fingerprint density at radius 3 is 2.81 bits per heavy atom. The molecule has 0 saturated carbocycles. The van der Waals surface area contributed by atoms with Gasteiger partial charge in [0, 0.05) is 36.8 Å². The number of benzene rings is 1. The molecule has 2 aliphatic rings. The molecule has 27 heavy (non-hydrogen) atoms. The minimum Gasteiger partial charge on any atom is -0.381 e. The molecular formula is C20H29N3O3S. The van der Waals surface area contributed by atoms with Crippen LogP contribution in [-0.2, 0) is 15.2 Å². The molecule has 0 unspecified atom stereocenters. The maximum absolute atomic E-state index is 12.4. The molecule has 0 amide bonds. The lowest BCUT2D eigenvalue weighted by molar-refractivity contribution is 0.0876. The first-order valence-corrected chi connectivity index (χ1v) is 10.4. The van der Waals surface area contributed by atoms with Crippen LogP contribution in [-0.4, -0.2) is 47.7 Å². The third kappa shape index (κ3) is 5.24. The molecule has 2 saturated heterocycles. The Morgan fingerprint density at radius 2 is 2.04 bits per heavy atom. The van der Waals surface area contributed by atoms with E-state index in [2.05, 4.69) is 10.3 Å². The maximum Gasteiger partial charge on any atom is 0.258 e. The van der Waals surface area contributed by atoms with E-state index >= 15 is 0 Å². The Balaban J connectivity index is 0.00000210. The number of hydrogen-bond acceptors (Lipinski definition) is 6. The van der Waals surface area contributed by atoms with Gasteiger partial charge in [0.2, 0.25) is 0 Å². The van der Waals surface area contributed by atoms with Crippen molar-refractivity contribution in [3.63, 3.8) is 0 Å². The number of nitrogens with one attached hydrogen (secondary N) is 2. The molecule has 1 aromatic heterocycles. The van der Waals surface area contributed by atoms with Gasteiger partial charge in [-0.1, -0.05) is 7.43 Å². The summed E-state index contributed by atoms with van der Waals surface area (Å²) < 4.78 is 10.9. The smallest absolute Gasteiger partial charge is 0.258 e. The fourth-order valence-corrected chi connectivity index (χ4v) is 4.53. The van der Waals surface area contributed by atoms with Crippen molar-refractivity contribution in [2.45, 2.75) is 50.2 Å². The predicted octanol–water partition coefficient (Wildman–Crippen LogP) is 3.56. The number of nitrogens with zero attached hydrogens (tertiary/aromatic N) is 1. The lowest BCUT2D eigenvalue weighted by Gasteiger charge is -2.24. The summed E-state index contributed by atoms with van der Waals surface area (Å²) in [5, 5.41) is 4.72. The molecule has 1 aromatic carbocycles. The van der Waals surface area contributed by atoms with Crippen molar-refractivity contribution >= 4 is 28.4 Å². The van der Waals surface area contributed by atoms with Crippen LogP contribution < -0.4 is 10.9 Å². The molecule has 1 atom stereocenters. The van der Waals surface area contributed by atoms with Gasteiger partial charge in [0.05, 0.1) is 23.3 Å². The van der Waals surface area contributed by atoms with Crippen molar-refractivity contribution in [2.75, 3.05) is 31.7 Å². The number of H-pyrrole nitrogens is 1. The van der Waals surface area contributed by atoms with E-state index in [0.29, 0.717) is 16.7 Å². The van der Waals surface area contributed by atoms with E-state index < -0.39 is 0 Å². The molecule has 4 rings (SSSR count). The van der Waals surface area contributed by atoms with Crippen LogP contribution in [0.15, 0.2) is 23.0 Å². The maximum atomic E-state index is 12.4. The lowest BCUT2D eigenvalue weighted by Crippen LogP contribution is -2.29. The van der Waals surface area contributed by atoms with Gasteiger partial charge in [0.1, 0.15) is 5.82 Å². The molecular weight excluding hydrogens is 362 g/mol. The van der Waals surface area contributed by atoms with Crippen molar-refractivity contribution in [1.29, 1.82) is 0 Å². The molecule has 0 bridgehead atoms. The van der Waals surface area contributed by atoms with Gasteiger partial charge in [-0.05, 0) is 43.9 Å². The Labute approximate surface area is 164 Å². The molecule has 2 aromatic rings. The summed E-state index contributed by atoms with van der Waals surface area (Å²) in [5.74, 6) is 1.47. The Kier molecular flexibility index (Phi) is 7.15. The van der Waals surface area contributed by atoms with Gasteiger partial charge in [0.25, 0.3) is 5.56 Å². The molecule has 7 heteroatoms. The van der Waals surface area contributed by atoms with Gasteiger partial charge in [-0.15, -0.1) is 0 Å². The number of aromatic nitrogens is 2. The van der Waals surface area contributed by atoms with Crippen molar-refractivity contribution in [3.05, 3.63) is 34.4 Å². The molecule has 148 valence electrons. The molecule has 0 aliphatic carbocycles. The highest BCUT2D eigenvalue weighted by Crippen LogP contribution is 2.25. The van der Waals surface area contributed by atoms with Crippen LogP contribution in [0.1, 0.15) is 38.9 Å². The summed E-state index contributed by atoms with van der Waals surface area (Å²) in [5.41, 5.74) is 1.68. The molecule has 2 N–H and O–H groups in total. The van der Waals surface area contributed by atoms with E-state index in [1.165, 1.54) is 0 Å². The normalized spacial score (nSPS) is 21.0. The number of ether oxygens (including phenoxy) is 2. The van der Waals surface area contributed by atoms with Crippen LogP contribution in [0.4, 0.5) is 5.69 Å². The fraction of sp³-hybridized carbons (Fsp3) is 0.600. The number of fused-ring (bicyclic) bond motifs is 1. The first-order valence-electron chi connectivity index (χ1n) is 9.34. The van der Waals surface area contributed by atoms with Gasteiger partial charge in [-0.3, -0.25) is 4.79 Å². The molecule has 6 nitrogen and oxygen atoms in total. The first kappa shape index (κ1) is 20.2. The zero-order valence-electron chi connectivity index (χ0n) is 14.8. The second-order valence-electron chi connectivity index (χ2n) is 6.93. The molecule has 0 spiro atoms. The SMILES string of the molecule is C.O=c1[nH]c(CSC2CCOCC2)nc2cc(N[C@H]3CCCOC3)ccc12. The number of aromatic amines is 1. The van der Waals surface area contributed by atoms with Crippen LogP contribution >= 0.6 is 11.8 Å². The van der Waals surface area contributed by atoms with Crippen LogP contribution in [0.2, 0.25) is 0 Å². The minimum atomic E-state index is -0.0647. The highest BCUT2D eigenvalue weighted by molar-refractivity contribution is 7.99. The number of hydrogen-bond donors (Lipinski definition) is 2. The number of rotatable bonds is 5. The van der Waals surface area contributed by atoms with E-state index in [0.717, 1.165) is 74.9 Å². The van der Waals surface area contributed by atoms with Crippen LogP contribution in [0.3, 0.4) is 0 Å². The van der Waals surface area contributed by atoms with Crippen LogP contribution in [0.25, 0.3) is 10.9 Å². The standard InChI is InChI=1S/C19H25N3O3S.CH4/c23-19-16-4-3-13(20-14-2-1-7-25-11-14)10-17(16)21-18(22-19)12-26-15-5-8-24-9-6-15;/h3-4,10,14-15,20H,1-2,5-9,11-12H2,(H,21,22,23);1H4/t14-;/m0./s1. The zero-order chi connectivity index (χ0) is 17.8. The summed E-state index contributed by atoms with van der Waals surface area (Å²) in [4.78, 5) is 20.0. The molecule has 2 fully saturated rings. The average molecular weight is 392 g/mol. The van der Waals surface area contributed by atoms with Gasteiger partial charge >= 0.3 is 0 Å². The van der Waals surface area contributed by atoms with E-state index in [9.17, 15) is 4.79 Å². The highest BCUT2D eigenvalue weighted by atomic mass is 32.2. The van der Waals surface area contributed by atoms with Crippen molar-refractivity contribution in [1.82, 2.24) is 9.97 Å². The third-order valence-electron chi connectivity index (χ3n) is 4.91. The molecule has 2 aliphatic heterocycles. The highest BCUT2D eigenvalue weighted by Gasteiger charge is 2.16. The van der Waals surface area contributed by atoms with Gasteiger partial charge in [-0.2, -0.15) is 11.8 Å². The summed E-state index contributed by atoms with van der Waals surface area (Å²) in [6, 6.07) is 6.10. The number of thioether (sulfide) groups is 1. The van der Waals surface area contributed by atoms with Crippen molar-refractivity contribution in [2.24, 2.45) is 0 Å². The quantitative estimate of drug-likeness (QED) is 0.812. The first-order chi connectivity index (χ1) is 12.8. The third-order valence-corrected chi connectivity index (χ3v) is 6.29. The largest absolute Gasteiger partial charge is 0.381 e. The van der Waals surface area contributed by atoms with Gasteiger partial charge < -0.3 is 19.8 Å². The van der Waals surface area contributed by atoms with Gasteiger partial charge in [0.15, 0.2) is 0 Å². The predicted molar refractivity (Wildman–Crippen MR) is 112 cm³/mol. The monoisotopic (exact) mass is 391 g/mol. The minimum absolute atomic E-state index is 0. The van der Waals surface area contributed by atoms with Gasteiger partial charge in [-0.25, -0.2) is 4.98 Å². The topological polar surface area (TPSA) is 76.2 Å². The Hall–Kier alpha value is -1.57. The van der Waals surface area contributed by atoms with E-state index in [1.54, 1.807) is 0 Å². The fourth-order valence-electron chi connectivity index (χ4n) is 3.48. The second kappa shape index (κ2) is 9.57. The van der Waals surface area contributed by atoms with Crippen molar-refractivity contribution < 1.29 is 9.47 Å². The van der Waals surface area contributed by atoms with E-state index in [4.69, 9.17) is 14.5 Å². The number of anilines is 1. The van der Waals surface area contributed by atoms with Crippen LogP contribution in [0, 0.1) is 0 Å². The summed E-state index contributed by atoms with van der Waals surface area (Å²) >= 11 is 1.86. The van der Waals surface area contributed by atoms with E-state index in [-0.39, 0.29) is 13.0 Å². The second-order valence-corrected chi connectivity index (χ2v) is 8.21. The molecule has 3 heterocycles. The van der Waals surface area contributed by atoms with E-state index in [1.807, 2.05) is 30.0 Å². The summed E-state index contributed by atoms with van der Waals surface area (Å²) in [6.07, 6.45) is 4.32. The zero-order valence-corrected chi connectivity index (χ0v) is 15.6.